The van der Waals surface area contributed by atoms with Crippen molar-refractivity contribution in [2.75, 3.05) is 11.9 Å². The highest BCUT2D eigenvalue weighted by Gasteiger charge is 2.16. The Morgan fingerprint density at radius 2 is 1.91 bits per heavy atom. The summed E-state index contributed by atoms with van der Waals surface area (Å²) in [5.41, 5.74) is 3.94. The molecular formula is C24H21ClFN5O2. The fraction of sp³-hybridized carbons (Fsp3) is 0.167. The number of aromatic nitrogens is 4. The van der Waals surface area contributed by atoms with Crippen molar-refractivity contribution in [2.24, 2.45) is 0 Å². The van der Waals surface area contributed by atoms with Crippen LogP contribution in [0.25, 0.3) is 11.3 Å². The van der Waals surface area contributed by atoms with Crippen molar-refractivity contribution in [1.29, 1.82) is 0 Å². The summed E-state index contributed by atoms with van der Waals surface area (Å²) in [6.45, 7) is 3.50. The van der Waals surface area contributed by atoms with Crippen molar-refractivity contribution >= 4 is 23.2 Å². The Morgan fingerprint density at radius 1 is 1.12 bits per heavy atom. The number of anilines is 2. The van der Waals surface area contributed by atoms with Crippen LogP contribution in [0.1, 0.15) is 22.9 Å². The van der Waals surface area contributed by atoms with Gasteiger partial charge in [0.2, 0.25) is 5.95 Å². The second-order valence-electron chi connectivity index (χ2n) is 7.49. The molecular weight excluding hydrogens is 445 g/mol. The third-order valence-electron chi connectivity index (χ3n) is 5.44. The lowest BCUT2D eigenvalue weighted by molar-refractivity contribution is 0.247. The van der Waals surface area contributed by atoms with Crippen LogP contribution in [0.3, 0.4) is 0 Å². The summed E-state index contributed by atoms with van der Waals surface area (Å²) in [6, 6.07) is 10.1. The Hall–Kier alpha value is -3.62. The molecule has 0 fully saturated rings. The molecule has 0 bridgehead atoms. The van der Waals surface area contributed by atoms with E-state index >= 15 is 0 Å². The molecule has 0 aliphatic heterocycles. The van der Waals surface area contributed by atoms with E-state index in [0.29, 0.717) is 22.8 Å². The number of hydrogen-bond acceptors (Lipinski definition) is 6. The maximum absolute atomic E-state index is 13.9. The lowest BCUT2D eigenvalue weighted by atomic mass is 10.1. The van der Waals surface area contributed by atoms with Gasteiger partial charge in [-0.15, -0.1) is 0 Å². The van der Waals surface area contributed by atoms with E-state index < -0.39 is 11.9 Å². The van der Waals surface area contributed by atoms with Gasteiger partial charge in [-0.05, 0) is 55.3 Å². The Kier molecular flexibility index (Phi) is 6.48. The summed E-state index contributed by atoms with van der Waals surface area (Å²) >= 11 is 5.75. The summed E-state index contributed by atoms with van der Waals surface area (Å²) < 4.78 is 15.2. The first-order valence-electron chi connectivity index (χ1n) is 10.2. The first kappa shape index (κ1) is 22.6. The normalized spacial score (nSPS) is 11.9. The Labute approximate surface area is 194 Å². The lowest BCUT2D eigenvalue weighted by Crippen LogP contribution is -2.27. The minimum atomic E-state index is -0.751. The summed E-state index contributed by atoms with van der Waals surface area (Å²) in [4.78, 5) is 25.9. The van der Waals surface area contributed by atoms with Crippen LogP contribution >= 0.6 is 11.6 Å². The molecule has 3 aromatic heterocycles. The number of rotatable bonds is 6. The molecule has 1 atom stereocenters. The minimum absolute atomic E-state index is 0.0246. The van der Waals surface area contributed by atoms with Crippen LogP contribution in [-0.4, -0.2) is 31.2 Å². The van der Waals surface area contributed by atoms with Crippen LogP contribution in [-0.2, 0) is 0 Å². The van der Waals surface area contributed by atoms with Gasteiger partial charge in [0.1, 0.15) is 5.82 Å². The number of aliphatic hydroxyl groups excluding tert-OH is 1. The highest BCUT2D eigenvalue weighted by Crippen LogP contribution is 2.24. The van der Waals surface area contributed by atoms with Gasteiger partial charge in [0.15, 0.2) is 0 Å². The smallest absolute Gasteiger partial charge is 0.251 e. The van der Waals surface area contributed by atoms with Crippen molar-refractivity contribution in [3.63, 3.8) is 0 Å². The van der Waals surface area contributed by atoms with Crippen molar-refractivity contribution < 1.29 is 9.50 Å². The molecule has 0 radical (unpaired) electrons. The molecule has 33 heavy (non-hydrogen) atoms. The number of pyridine rings is 2. The molecule has 168 valence electrons. The van der Waals surface area contributed by atoms with Gasteiger partial charge in [0.05, 0.1) is 23.4 Å². The third-order valence-corrected chi connectivity index (χ3v) is 5.75. The van der Waals surface area contributed by atoms with Crippen LogP contribution in [0.2, 0.25) is 5.02 Å². The number of benzene rings is 1. The van der Waals surface area contributed by atoms with Crippen LogP contribution in [0, 0.1) is 19.7 Å². The molecule has 4 aromatic rings. The number of aryl methyl sites for hydroxylation is 1. The van der Waals surface area contributed by atoms with E-state index in [-0.39, 0.29) is 17.2 Å². The first-order valence-corrected chi connectivity index (χ1v) is 10.6. The van der Waals surface area contributed by atoms with E-state index in [0.717, 1.165) is 16.9 Å². The molecule has 9 heteroatoms. The average molecular weight is 466 g/mol. The molecule has 7 nitrogen and oxygen atoms in total. The minimum Gasteiger partial charge on any atom is -0.394 e. The van der Waals surface area contributed by atoms with Gasteiger partial charge in [-0.1, -0.05) is 17.7 Å². The van der Waals surface area contributed by atoms with Crippen molar-refractivity contribution in [1.82, 2.24) is 19.5 Å². The van der Waals surface area contributed by atoms with Crippen LogP contribution in [0.15, 0.2) is 65.8 Å². The van der Waals surface area contributed by atoms with Gasteiger partial charge < -0.3 is 15.0 Å². The quantitative estimate of drug-likeness (QED) is 0.437. The number of halogens is 2. The number of hydrogen-bond donors (Lipinski definition) is 2. The van der Waals surface area contributed by atoms with Crippen LogP contribution < -0.4 is 10.9 Å². The van der Waals surface area contributed by atoms with E-state index in [1.165, 1.54) is 22.8 Å². The third kappa shape index (κ3) is 4.76. The van der Waals surface area contributed by atoms with Crippen LogP contribution in [0.5, 0.6) is 0 Å². The zero-order chi connectivity index (χ0) is 23.5. The lowest BCUT2D eigenvalue weighted by Gasteiger charge is -2.18. The predicted molar refractivity (Wildman–Crippen MR) is 125 cm³/mol. The molecule has 2 N–H and O–H groups in total. The van der Waals surface area contributed by atoms with Gasteiger partial charge >= 0.3 is 0 Å². The molecule has 0 aliphatic rings. The predicted octanol–water partition coefficient (Wildman–Crippen LogP) is 4.43. The highest BCUT2D eigenvalue weighted by molar-refractivity contribution is 6.30. The second-order valence-corrected chi connectivity index (χ2v) is 7.90. The maximum atomic E-state index is 13.9. The average Bonchev–Trinajstić information content (AvgIpc) is 2.81. The number of aliphatic hydroxyl groups is 1. The fourth-order valence-corrected chi connectivity index (χ4v) is 3.57. The van der Waals surface area contributed by atoms with Crippen molar-refractivity contribution in [3.8, 4) is 11.3 Å². The highest BCUT2D eigenvalue weighted by atomic mass is 35.5. The van der Waals surface area contributed by atoms with Gasteiger partial charge in [0, 0.05) is 41.6 Å². The van der Waals surface area contributed by atoms with E-state index in [2.05, 4.69) is 20.3 Å². The van der Waals surface area contributed by atoms with Gasteiger partial charge in [-0.2, -0.15) is 0 Å². The number of nitrogens with zero attached hydrogens (tertiary/aromatic N) is 4. The number of nitrogens with one attached hydrogen (secondary N) is 1. The molecule has 0 amide bonds. The molecule has 0 spiro atoms. The molecule has 0 unspecified atom stereocenters. The first-order chi connectivity index (χ1) is 15.9. The molecule has 0 saturated carbocycles. The van der Waals surface area contributed by atoms with E-state index in [1.807, 2.05) is 19.9 Å². The molecule has 0 saturated heterocycles. The van der Waals surface area contributed by atoms with Crippen LogP contribution in [0.4, 0.5) is 16.0 Å². The van der Waals surface area contributed by atoms with E-state index in [4.69, 9.17) is 11.6 Å². The maximum Gasteiger partial charge on any atom is 0.251 e. The summed E-state index contributed by atoms with van der Waals surface area (Å²) in [7, 11) is 0. The monoisotopic (exact) mass is 465 g/mol. The van der Waals surface area contributed by atoms with E-state index in [1.54, 1.807) is 36.8 Å². The Balaban J connectivity index is 1.64. The molecule has 4 rings (SSSR count). The summed E-state index contributed by atoms with van der Waals surface area (Å²) in [5, 5.41) is 13.0. The van der Waals surface area contributed by atoms with Gasteiger partial charge in [-0.25, -0.2) is 14.4 Å². The van der Waals surface area contributed by atoms with Gasteiger partial charge in [0.25, 0.3) is 5.56 Å². The summed E-state index contributed by atoms with van der Waals surface area (Å²) in [5.74, 6) is -0.229. The van der Waals surface area contributed by atoms with E-state index in [9.17, 15) is 14.3 Å². The molecule has 0 aliphatic carbocycles. The SMILES string of the molecule is Cc1nccc(Nc2nccc(-c3ccn([C@H](CO)c4ccc(Cl)c(F)c4)c(=O)c3)n2)c1C. The Bertz CT molecular complexity index is 1380. The standard InChI is InChI=1S/C24H21ClFN5O2/c1-14-15(2)27-8-5-20(14)29-24-28-9-6-21(30-24)16-7-10-31(23(33)12-16)22(13-32)17-3-4-18(25)19(26)11-17/h3-12,22,32H,13H2,1-2H3,(H,27,28,29,30)/t22-/m1/s1. The zero-order valence-corrected chi connectivity index (χ0v) is 18.7. The molecule has 1 aromatic carbocycles. The van der Waals surface area contributed by atoms with Crippen molar-refractivity contribution in [3.05, 3.63) is 99.1 Å². The zero-order valence-electron chi connectivity index (χ0n) is 18.0. The molecule has 3 heterocycles. The second kappa shape index (κ2) is 9.48. The van der Waals surface area contributed by atoms with Gasteiger partial charge in [-0.3, -0.25) is 9.78 Å². The Morgan fingerprint density at radius 3 is 2.64 bits per heavy atom. The largest absolute Gasteiger partial charge is 0.394 e. The van der Waals surface area contributed by atoms with Crippen molar-refractivity contribution in [2.45, 2.75) is 19.9 Å². The fourth-order valence-electron chi connectivity index (χ4n) is 3.46. The summed E-state index contributed by atoms with van der Waals surface area (Å²) in [6.07, 6.45) is 4.86. The topological polar surface area (TPSA) is 92.9 Å².